The van der Waals surface area contributed by atoms with Crippen molar-refractivity contribution in [3.8, 4) is 11.4 Å². The third kappa shape index (κ3) is 4.95. The molecule has 0 radical (unpaired) electrons. The van der Waals surface area contributed by atoms with E-state index < -0.39 is 0 Å². The first-order valence-electron chi connectivity index (χ1n) is 11.1. The number of amides is 3. The Morgan fingerprint density at radius 1 is 1.13 bits per heavy atom. The van der Waals surface area contributed by atoms with Crippen molar-refractivity contribution in [3.63, 3.8) is 0 Å². The maximum atomic E-state index is 12.9. The summed E-state index contributed by atoms with van der Waals surface area (Å²) in [6.07, 6.45) is 4.37. The van der Waals surface area contributed by atoms with Crippen molar-refractivity contribution >= 4 is 17.6 Å². The van der Waals surface area contributed by atoms with Crippen molar-refractivity contribution in [2.75, 3.05) is 31.5 Å². The van der Waals surface area contributed by atoms with Crippen LogP contribution in [0, 0.1) is 5.92 Å². The number of hydrogen-bond donors (Lipinski definition) is 2. The molecule has 8 heteroatoms. The molecule has 2 N–H and O–H groups in total. The summed E-state index contributed by atoms with van der Waals surface area (Å²) in [7, 11) is 0. The number of aromatic amines is 1. The van der Waals surface area contributed by atoms with Crippen LogP contribution in [-0.4, -0.2) is 57.9 Å². The standard InChI is InChI=1S/C23H29N5O3/c1-2-18-14-20(29)26-21(24-18)16-7-5-9-19(13-16)25-22(30)17-8-6-12-28(15-17)23(31)27-10-3-4-11-27/h5,7,9,13-14,17H,2-4,6,8,10-12,15H2,1H3,(H,25,30)(H,24,26,29)/t17-/m0/s1. The quantitative estimate of drug-likeness (QED) is 0.790. The number of carbonyl (C=O) groups excluding carboxylic acids is 2. The number of anilines is 1. The third-order valence-electron chi connectivity index (χ3n) is 6.00. The molecule has 1 atom stereocenters. The second-order valence-electron chi connectivity index (χ2n) is 8.27. The molecule has 4 rings (SSSR count). The van der Waals surface area contributed by atoms with Crippen LogP contribution in [0.15, 0.2) is 35.1 Å². The Morgan fingerprint density at radius 3 is 2.68 bits per heavy atom. The molecule has 0 unspecified atom stereocenters. The van der Waals surface area contributed by atoms with E-state index in [2.05, 4.69) is 15.3 Å². The highest BCUT2D eigenvalue weighted by atomic mass is 16.2. The average Bonchev–Trinajstić information content (AvgIpc) is 3.33. The molecule has 0 spiro atoms. The van der Waals surface area contributed by atoms with Gasteiger partial charge < -0.3 is 20.1 Å². The Hall–Kier alpha value is -3.16. The molecule has 164 valence electrons. The molecule has 2 saturated heterocycles. The minimum atomic E-state index is -0.231. The third-order valence-corrected chi connectivity index (χ3v) is 6.00. The number of carbonyl (C=O) groups is 2. The van der Waals surface area contributed by atoms with Crippen LogP contribution >= 0.6 is 0 Å². The molecule has 2 aromatic rings. The summed E-state index contributed by atoms with van der Waals surface area (Å²) in [5, 5.41) is 2.98. The van der Waals surface area contributed by atoms with E-state index in [1.807, 2.05) is 41.0 Å². The number of urea groups is 1. The number of nitrogens with zero attached hydrogens (tertiary/aromatic N) is 3. The SMILES string of the molecule is CCc1cc(=O)[nH]c(-c2cccc(NC(=O)[C@H]3CCCN(C(=O)N4CCCC4)C3)c2)n1. The fourth-order valence-corrected chi connectivity index (χ4v) is 4.29. The van der Waals surface area contributed by atoms with Gasteiger partial charge in [0.1, 0.15) is 5.82 Å². The van der Waals surface area contributed by atoms with Gasteiger partial charge in [-0.1, -0.05) is 19.1 Å². The van der Waals surface area contributed by atoms with E-state index in [-0.39, 0.29) is 23.4 Å². The number of hydrogen-bond acceptors (Lipinski definition) is 4. The number of nitrogens with one attached hydrogen (secondary N) is 2. The minimum absolute atomic E-state index is 0.0582. The van der Waals surface area contributed by atoms with Crippen molar-refractivity contribution < 1.29 is 9.59 Å². The van der Waals surface area contributed by atoms with Gasteiger partial charge >= 0.3 is 6.03 Å². The zero-order valence-electron chi connectivity index (χ0n) is 17.9. The number of H-pyrrole nitrogens is 1. The van der Waals surface area contributed by atoms with Crippen molar-refractivity contribution in [2.45, 2.75) is 39.0 Å². The average molecular weight is 424 g/mol. The Bertz CT molecular complexity index is 1010. The lowest BCUT2D eigenvalue weighted by molar-refractivity contribution is -0.121. The van der Waals surface area contributed by atoms with Crippen molar-refractivity contribution in [1.29, 1.82) is 0 Å². The summed E-state index contributed by atoms with van der Waals surface area (Å²) in [5.74, 6) is 0.172. The van der Waals surface area contributed by atoms with Crippen LogP contribution in [0.2, 0.25) is 0 Å². The summed E-state index contributed by atoms with van der Waals surface area (Å²) in [5.41, 5.74) is 1.91. The van der Waals surface area contributed by atoms with Crippen LogP contribution in [-0.2, 0) is 11.2 Å². The lowest BCUT2D eigenvalue weighted by Crippen LogP contribution is -2.48. The fraction of sp³-hybridized carbons (Fsp3) is 0.478. The Labute approximate surface area is 181 Å². The molecule has 3 amide bonds. The number of rotatable bonds is 4. The van der Waals surface area contributed by atoms with Crippen LogP contribution < -0.4 is 10.9 Å². The predicted molar refractivity (Wildman–Crippen MR) is 119 cm³/mol. The van der Waals surface area contributed by atoms with Gasteiger partial charge in [0.25, 0.3) is 5.56 Å². The molecule has 0 saturated carbocycles. The smallest absolute Gasteiger partial charge is 0.320 e. The fourth-order valence-electron chi connectivity index (χ4n) is 4.29. The van der Waals surface area contributed by atoms with E-state index in [0.29, 0.717) is 31.0 Å². The van der Waals surface area contributed by atoms with E-state index in [0.717, 1.165) is 50.0 Å². The van der Waals surface area contributed by atoms with Crippen molar-refractivity contribution in [1.82, 2.24) is 19.8 Å². The van der Waals surface area contributed by atoms with Crippen LogP contribution in [0.25, 0.3) is 11.4 Å². The number of aryl methyl sites for hydroxylation is 1. The molecule has 0 bridgehead atoms. The number of benzene rings is 1. The zero-order chi connectivity index (χ0) is 21.8. The number of aromatic nitrogens is 2. The van der Waals surface area contributed by atoms with E-state index in [4.69, 9.17) is 0 Å². The Morgan fingerprint density at radius 2 is 1.90 bits per heavy atom. The molecule has 2 aliphatic rings. The van der Waals surface area contributed by atoms with Gasteiger partial charge in [-0.15, -0.1) is 0 Å². The normalized spacial score (nSPS) is 18.8. The molecule has 2 fully saturated rings. The van der Waals surface area contributed by atoms with Gasteiger partial charge in [-0.2, -0.15) is 0 Å². The second-order valence-corrected chi connectivity index (χ2v) is 8.27. The molecule has 1 aromatic carbocycles. The van der Waals surface area contributed by atoms with Crippen LogP contribution in [0.5, 0.6) is 0 Å². The highest BCUT2D eigenvalue weighted by Gasteiger charge is 2.31. The highest BCUT2D eigenvalue weighted by molar-refractivity contribution is 5.93. The summed E-state index contributed by atoms with van der Waals surface area (Å²) in [6, 6.07) is 8.86. The molecule has 0 aliphatic carbocycles. The first-order valence-corrected chi connectivity index (χ1v) is 11.1. The Balaban J connectivity index is 1.44. The molecular weight excluding hydrogens is 394 g/mol. The first-order chi connectivity index (χ1) is 15.0. The zero-order valence-corrected chi connectivity index (χ0v) is 17.9. The van der Waals surface area contributed by atoms with Gasteiger partial charge in [-0.05, 0) is 44.2 Å². The summed E-state index contributed by atoms with van der Waals surface area (Å²) < 4.78 is 0. The molecular formula is C23H29N5O3. The van der Waals surface area contributed by atoms with Gasteiger partial charge in [0, 0.05) is 49.2 Å². The molecule has 8 nitrogen and oxygen atoms in total. The van der Waals surface area contributed by atoms with Gasteiger partial charge in [0.15, 0.2) is 0 Å². The molecule has 1 aromatic heterocycles. The molecule has 31 heavy (non-hydrogen) atoms. The lowest BCUT2D eigenvalue weighted by Gasteiger charge is -2.34. The van der Waals surface area contributed by atoms with Gasteiger partial charge in [-0.25, -0.2) is 9.78 Å². The van der Waals surface area contributed by atoms with Gasteiger partial charge in [0.05, 0.1) is 5.92 Å². The van der Waals surface area contributed by atoms with Crippen LogP contribution in [0.3, 0.4) is 0 Å². The predicted octanol–water partition coefficient (Wildman–Crippen LogP) is 2.87. The van der Waals surface area contributed by atoms with Gasteiger partial charge in [0.2, 0.25) is 5.91 Å². The van der Waals surface area contributed by atoms with Gasteiger partial charge in [-0.3, -0.25) is 9.59 Å². The van der Waals surface area contributed by atoms with E-state index in [9.17, 15) is 14.4 Å². The summed E-state index contributed by atoms with van der Waals surface area (Å²) >= 11 is 0. The maximum absolute atomic E-state index is 12.9. The Kier molecular flexibility index (Phi) is 6.34. The lowest BCUT2D eigenvalue weighted by atomic mass is 9.97. The molecule has 2 aliphatic heterocycles. The van der Waals surface area contributed by atoms with E-state index in [1.54, 1.807) is 0 Å². The highest BCUT2D eigenvalue weighted by Crippen LogP contribution is 2.23. The van der Waals surface area contributed by atoms with E-state index >= 15 is 0 Å². The number of likely N-dealkylation sites (tertiary alicyclic amines) is 2. The second kappa shape index (κ2) is 9.32. The minimum Gasteiger partial charge on any atom is -0.326 e. The first kappa shape index (κ1) is 21.1. The summed E-state index contributed by atoms with van der Waals surface area (Å²) in [6.45, 7) is 4.74. The van der Waals surface area contributed by atoms with Crippen molar-refractivity contribution in [3.05, 3.63) is 46.4 Å². The topological polar surface area (TPSA) is 98.4 Å². The molecule has 3 heterocycles. The maximum Gasteiger partial charge on any atom is 0.320 e. The van der Waals surface area contributed by atoms with Crippen LogP contribution in [0.1, 0.15) is 38.3 Å². The van der Waals surface area contributed by atoms with E-state index in [1.165, 1.54) is 6.07 Å². The monoisotopic (exact) mass is 423 g/mol. The number of piperidine rings is 1. The van der Waals surface area contributed by atoms with Crippen molar-refractivity contribution in [2.24, 2.45) is 5.92 Å². The van der Waals surface area contributed by atoms with Crippen LogP contribution in [0.4, 0.5) is 10.5 Å². The largest absolute Gasteiger partial charge is 0.326 e. The summed E-state index contributed by atoms with van der Waals surface area (Å²) in [4.78, 5) is 48.5.